The number of ketones is 1. The van der Waals surface area contributed by atoms with E-state index in [1.165, 1.54) is 27.2 Å². The summed E-state index contributed by atoms with van der Waals surface area (Å²) in [5, 5.41) is 10.9. The summed E-state index contributed by atoms with van der Waals surface area (Å²) < 4.78 is 21.5. The zero-order chi connectivity index (χ0) is 24.5. The highest BCUT2D eigenvalue weighted by Gasteiger charge is 2.25. The minimum absolute atomic E-state index is 0.136. The van der Waals surface area contributed by atoms with Crippen LogP contribution in [0.15, 0.2) is 34.5 Å². The summed E-state index contributed by atoms with van der Waals surface area (Å²) in [5.41, 5.74) is 0.427. The number of azo groups is 1. The van der Waals surface area contributed by atoms with Gasteiger partial charge in [0.2, 0.25) is 6.04 Å². The first-order valence-electron chi connectivity index (χ1n) is 9.99. The number of carbonyl (C=O) groups is 2. The van der Waals surface area contributed by atoms with Gasteiger partial charge < -0.3 is 24.3 Å². The molecule has 9 nitrogen and oxygen atoms in total. The number of hydrogen-bond acceptors (Lipinski definition) is 8. The normalized spacial score (nSPS) is 11.7. The maximum absolute atomic E-state index is 12.9. The Bertz CT molecular complexity index is 1050. The molecule has 11 heteroatoms. The lowest BCUT2D eigenvalue weighted by Gasteiger charge is -2.16. The number of methoxy groups -OCH3 is 2. The first kappa shape index (κ1) is 26.2. The summed E-state index contributed by atoms with van der Waals surface area (Å²) >= 11 is 12.6. The first-order valence-corrected chi connectivity index (χ1v) is 10.7. The molecule has 33 heavy (non-hydrogen) atoms. The number of hydrogen-bond donors (Lipinski definition) is 1. The van der Waals surface area contributed by atoms with E-state index in [0.29, 0.717) is 24.7 Å². The van der Waals surface area contributed by atoms with E-state index in [9.17, 15) is 9.59 Å². The van der Waals surface area contributed by atoms with Crippen molar-refractivity contribution < 1.29 is 28.5 Å². The molecule has 0 spiro atoms. The Hall–Kier alpha value is -3.04. The lowest BCUT2D eigenvalue weighted by atomic mass is 10.2. The number of nitrogens with one attached hydrogen (secondary N) is 1. The highest BCUT2D eigenvalue weighted by atomic mass is 35.5. The van der Waals surface area contributed by atoms with Gasteiger partial charge in [0.15, 0.2) is 23.0 Å². The topological polar surface area (TPSA) is 108 Å². The van der Waals surface area contributed by atoms with Crippen molar-refractivity contribution in [2.75, 3.05) is 32.8 Å². The van der Waals surface area contributed by atoms with E-state index < -0.39 is 17.7 Å². The van der Waals surface area contributed by atoms with Crippen molar-refractivity contribution in [1.82, 2.24) is 0 Å². The minimum atomic E-state index is -1.45. The van der Waals surface area contributed by atoms with Crippen molar-refractivity contribution >= 4 is 46.3 Å². The van der Waals surface area contributed by atoms with Crippen LogP contribution in [-0.4, -0.2) is 45.2 Å². The summed E-state index contributed by atoms with van der Waals surface area (Å²) in [4.78, 5) is 25.0. The number of benzene rings is 2. The Balaban J connectivity index is 2.35. The Morgan fingerprint density at radius 2 is 1.73 bits per heavy atom. The lowest BCUT2D eigenvalue weighted by molar-refractivity contribution is -0.126. The van der Waals surface area contributed by atoms with E-state index in [4.69, 9.17) is 42.1 Å². The molecule has 0 aliphatic carbocycles. The van der Waals surface area contributed by atoms with Crippen molar-refractivity contribution in [3.63, 3.8) is 0 Å². The van der Waals surface area contributed by atoms with E-state index in [1.54, 1.807) is 25.1 Å². The van der Waals surface area contributed by atoms with Gasteiger partial charge in [0, 0.05) is 12.1 Å². The van der Waals surface area contributed by atoms with Crippen LogP contribution in [0.1, 0.15) is 20.8 Å². The van der Waals surface area contributed by atoms with Gasteiger partial charge in [-0.25, -0.2) is 0 Å². The Kier molecular flexibility index (Phi) is 9.74. The van der Waals surface area contributed by atoms with Crippen molar-refractivity contribution in [3.05, 3.63) is 34.3 Å². The molecule has 1 N–H and O–H groups in total. The number of nitrogens with zero attached hydrogens (tertiary/aromatic N) is 2. The van der Waals surface area contributed by atoms with E-state index in [1.807, 2.05) is 6.92 Å². The van der Waals surface area contributed by atoms with Gasteiger partial charge in [0.1, 0.15) is 16.5 Å². The van der Waals surface area contributed by atoms with E-state index in [-0.39, 0.29) is 32.9 Å². The fraction of sp³-hybridized carbons (Fsp3) is 0.364. The molecule has 2 aromatic rings. The molecule has 2 rings (SSSR count). The van der Waals surface area contributed by atoms with Crippen molar-refractivity contribution in [3.8, 4) is 23.0 Å². The van der Waals surface area contributed by atoms with Gasteiger partial charge in [-0.15, -0.1) is 0 Å². The third kappa shape index (κ3) is 6.49. The fourth-order valence-corrected chi connectivity index (χ4v) is 3.31. The van der Waals surface area contributed by atoms with Crippen LogP contribution in [0.5, 0.6) is 23.0 Å². The van der Waals surface area contributed by atoms with Gasteiger partial charge in [-0.05, 0) is 32.9 Å². The summed E-state index contributed by atoms with van der Waals surface area (Å²) in [6.45, 7) is 5.60. The number of ether oxygens (including phenoxy) is 4. The van der Waals surface area contributed by atoms with Crippen molar-refractivity contribution in [1.29, 1.82) is 0 Å². The number of carbonyl (C=O) groups excluding carboxylic acids is 2. The average Bonchev–Trinajstić information content (AvgIpc) is 2.77. The second kappa shape index (κ2) is 12.3. The molecule has 0 saturated carbocycles. The fourth-order valence-electron chi connectivity index (χ4n) is 2.77. The molecular formula is C22H25Cl2N3O6. The molecule has 0 saturated heterocycles. The molecule has 0 aliphatic heterocycles. The van der Waals surface area contributed by atoms with Crippen LogP contribution >= 0.6 is 23.2 Å². The quantitative estimate of drug-likeness (QED) is 0.324. The standard InChI is InChI=1S/C22H25Cl2N3O6/c1-6-32-17-9-8-15(18(24)21(17)33-7-2)25-22(29)19(12(3)28)27-26-16-11-13(30-4)10-14(23)20(16)31-5/h8-11,19H,6-7H2,1-5H3,(H,25,29). The largest absolute Gasteiger partial charge is 0.497 e. The minimum Gasteiger partial charge on any atom is -0.497 e. The molecule has 1 atom stereocenters. The van der Waals surface area contributed by atoms with E-state index in [2.05, 4.69) is 15.5 Å². The average molecular weight is 498 g/mol. The molecule has 178 valence electrons. The predicted octanol–water partition coefficient (Wildman–Crippen LogP) is 5.49. The van der Waals surface area contributed by atoms with Gasteiger partial charge in [-0.2, -0.15) is 10.2 Å². The van der Waals surface area contributed by atoms with Crippen LogP contribution < -0.4 is 24.3 Å². The van der Waals surface area contributed by atoms with Crippen molar-refractivity contribution in [2.24, 2.45) is 10.2 Å². The lowest BCUT2D eigenvalue weighted by Crippen LogP contribution is -2.32. The smallest absolute Gasteiger partial charge is 0.258 e. The molecule has 0 fully saturated rings. The maximum atomic E-state index is 12.9. The van der Waals surface area contributed by atoms with Crippen LogP contribution in [0, 0.1) is 0 Å². The SMILES string of the molecule is CCOc1ccc(NC(=O)C(N=Nc2cc(OC)cc(Cl)c2OC)C(C)=O)c(Cl)c1OCC. The van der Waals surface area contributed by atoms with E-state index >= 15 is 0 Å². The highest BCUT2D eigenvalue weighted by Crippen LogP contribution is 2.41. The van der Waals surface area contributed by atoms with Crippen LogP contribution in [0.4, 0.5) is 11.4 Å². The number of anilines is 1. The molecular weight excluding hydrogens is 473 g/mol. The highest BCUT2D eigenvalue weighted by molar-refractivity contribution is 6.35. The van der Waals surface area contributed by atoms with Crippen molar-refractivity contribution in [2.45, 2.75) is 26.8 Å². The Labute approximate surface area is 202 Å². The third-order valence-corrected chi connectivity index (χ3v) is 4.92. The molecule has 0 aliphatic rings. The zero-order valence-corrected chi connectivity index (χ0v) is 20.4. The summed E-state index contributed by atoms with van der Waals surface area (Å²) in [6, 6.07) is 4.77. The number of Topliss-reactive ketones (excluding diaryl/α,β-unsaturated/α-hetero) is 1. The maximum Gasteiger partial charge on any atom is 0.258 e. The number of halogens is 2. The van der Waals surface area contributed by atoms with Gasteiger partial charge in [0.25, 0.3) is 5.91 Å². The molecule has 1 amide bonds. The number of amides is 1. The molecule has 2 aromatic carbocycles. The Morgan fingerprint density at radius 3 is 2.30 bits per heavy atom. The van der Waals surface area contributed by atoms with Gasteiger partial charge >= 0.3 is 0 Å². The summed E-state index contributed by atoms with van der Waals surface area (Å²) in [7, 11) is 2.87. The summed E-state index contributed by atoms with van der Waals surface area (Å²) in [5.74, 6) is 0.0924. The van der Waals surface area contributed by atoms with Crippen LogP contribution in [-0.2, 0) is 9.59 Å². The Morgan fingerprint density at radius 1 is 1.03 bits per heavy atom. The number of rotatable bonds is 11. The zero-order valence-electron chi connectivity index (χ0n) is 18.9. The second-order valence-electron chi connectivity index (χ2n) is 6.50. The molecule has 0 aromatic heterocycles. The van der Waals surface area contributed by atoms with Gasteiger partial charge in [-0.3, -0.25) is 9.59 Å². The van der Waals surface area contributed by atoms with Gasteiger partial charge in [-0.1, -0.05) is 23.2 Å². The molecule has 0 bridgehead atoms. The predicted molar refractivity (Wildman–Crippen MR) is 126 cm³/mol. The van der Waals surface area contributed by atoms with Gasteiger partial charge in [0.05, 0.1) is 38.1 Å². The first-order chi connectivity index (χ1) is 15.8. The second-order valence-corrected chi connectivity index (χ2v) is 7.29. The third-order valence-electron chi connectivity index (χ3n) is 4.26. The molecule has 0 heterocycles. The monoisotopic (exact) mass is 497 g/mol. The van der Waals surface area contributed by atoms with Crippen LogP contribution in [0.25, 0.3) is 0 Å². The van der Waals surface area contributed by atoms with Crippen LogP contribution in [0.2, 0.25) is 10.0 Å². The summed E-state index contributed by atoms with van der Waals surface area (Å²) in [6.07, 6.45) is 0. The molecule has 0 radical (unpaired) electrons. The van der Waals surface area contributed by atoms with E-state index in [0.717, 1.165) is 0 Å². The van der Waals surface area contributed by atoms with Crippen LogP contribution in [0.3, 0.4) is 0 Å². The molecule has 1 unspecified atom stereocenters.